The number of likely N-dealkylation sites (N-methyl/N-ethyl adjacent to an activating group) is 1. The Bertz CT molecular complexity index is 1350. The highest BCUT2D eigenvalue weighted by Gasteiger charge is 2.48. The Kier molecular flexibility index (Phi) is 4.90. The number of aromatic nitrogens is 6. The highest BCUT2D eigenvalue weighted by Crippen LogP contribution is 2.34. The van der Waals surface area contributed by atoms with E-state index in [1.165, 1.54) is 4.90 Å². The molecule has 0 spiro atoms. The molecule has 1 aliphatic heterocycles. The second-order valence-electron chi connectivity index (χ2n) is 8.07. The van der Waals surface area contributed by atoms with E-state index in [1.54, 1.807) is 36.3 Å². The lowest BCUT2D eigenvalue weighted by atomic mass is 9.98. The summed E-state index contributed by atoms with van der Waals surface area (Å²) in [4.78, 5) is 27.5. The summed E-state index contributed by atoms with van der Waals surface area (Å²) in [5.74, 6) is 0.128. The number of nitrogens with zero attached hydrogens (tertiary/aromatic N) is 7. The van der Waals surface area contributed by atoms with E-state index in [0.29, 0.717) is 35.3 Å². The van der Waals surface area contributed by atoms with E-state index in [1.807, 2.05) is 32.3 Å². The number of amides is 1. The molecule has 1 unspecified atom stereocenters. The van der Waals surface area contributed by atoms with E-state index in [0.717, 1.165) is 11.3 Å². The maximum absolute atomic E-state index is 12.4. The number of carbonyl (C=O) groups excluding carboxylic acids is 1. The fourth-order valence-corrected chi connectivity index (χ4v) is 3.76. The van der Waals surface area contributed by atoms with Crippen molar-refractivity contribution in [1.29, 1.82) is 0 Å². The third-order valence-corrected chi connectivity index (χ3v) is 5.61. The van der Waals surface area contributed by atoms with Crippen LogP contribution in [0.5, 0.6) is 0 Å². The zero-order valence-corrected chi connectivity index (χ0v) is 18.3. The minimum Gasteiger partial charge on any atom is -0.373 e. The van der Waals surface area contributed by atoms with Gasteiger partial charge in [-0.25, -0.2) is 15.0 Å². The maximum Gasteiger partial charge on any atom is 0.262 e. The van der Waals surface area contributed by atoms with Gasteiger partial charge in [-0.2, -0.15) is 5.10 Å². The normalized spacial score (nSPS) is 18.2. The Hall–Kier alpha value is -4.12. The van der Waals surface area contributed by atoms with Crippen LogP contribution >= 0.6 is 0 Å². The molecule has 33 heavy (non-hydrogen) atoms. The predicted octanol–water partition coefficient (Wildman–Crippen LogP) is 2.03. The van der Waals surface area contributed by atoms with Crippen molar-refractivity contribution in [3.05, 3.63) is 54.2 Å². The molecule has 11 heteroatoms. The first-order valence-electron chi connectivity index (χ1n) is 10.4. The van der Waals surface area contributed by atoms with Crippen molar-refractivity contribution in [3.63, 3.8) is 0 Å². The lowest BCUT2D eigenvalue weighted by Crippen LogP contribution is -2.35. The van der Waals surface area contributed by atoms with Gasteiger partial charge in [0.15, 0.2) is 5.76 Å². The number of likely N-dealkylation sites (tertiary alicyclic amines) is 1. The molecule has 0 saturated carbocycles. The lowest BCUT2D eigenvalue weighted by molar-refractivity contribution is -0.144. The largest absolute Gasteiger partial charge is 0.373 e. The molecule has 11 nitrogen and oxygen atoms in total. The first kappa shape index (κ1) is 20.8. The second kappa shape index (κ2) is 7.78. The first-order chi connectivity index (χ1) is 15.8. The molecule has 1 fully saturated rings. The van der Waals surface area contributed by atoms with E-state index in [9.17, 15) is 9.90 Å². The summed E-state index contributed by atoms with van der Waals surface area (Å²) in [5.41, 5.74) is 2.16. The van der Waals surface area contributed by atoms with Crippen molar-refractivity contribution in [2.45, 2.75) is 18.9 Å². The average molecular weight is 446 g/mol. The Balaban J connectivity index is 1.45. The quantitative estimate of drug-likeness (QED) is 0.472. The number of nitrogens with one attached hydrogen (secondary N) is 1. The molecule has 5 heterocycles. The molecule has 2 N–H and O–H groups in total. The molecule has 4 aromatic heterocycles. The van der Waals surface area contributed by atoms with Gasteiger partial charge in [-0.3, -0.25) is 9.48 Å². The Morgan fingerprint density at radius 3 is 2.70 bits per heavy atom. The Morgan fingerprint density at radius 1 is 1.15 bits per heavy atom. The fraction of sp³-hybridized carbons (Fsp3) is 0.273. The first-order valence-corrected chi connectivity index (χ1v) is 10.4. The summed E-state index contributed by atoms with van der Waals surface area (Å²) in [7, 11) is 3.47. The molecular formula is C22H22N8O3. The van der Waals surface area contributed by atoms with Crippen LogP contribution in [0.1, 0.15) is 17.7 Å². The van der Waals surface area contributed by atoms with Crippen molar-refractivity contribution in [1.82, 2.24) is 34.8 Å². The number of pyridine rings is 1. The number of aliphatic hydroxyl groups is 1. The van der Waals surface area contributed by atoms with E-state index < -0.39 is 11.5 Å². The van der Waals surface area contributed by atoms with Crippen LogP contribution in [0.15, 0.2) is 47.4 Å². The van der Waals surface area contributed by atoms with Crippen molar-refractivity contribution < 1.29 is 14.4 Å². The predicted molar refractivity (Wildman–Crippen MR) is 118 cm³/mol. The molecule has 1 aliphatic rings. The number of aryl methyl sites for hydroxylation is 2. The molecule has 0 aromatic carbocycles. The molecule has 5 rings (SSSR count). The highest BCUT2D eigenvalue weighted by atomic mass is 16.5. The topological polar surface area (TPSA) is 135 Å². The number of anilines is 2. The zero-order valence-electron chi connectivity index (χ0n) is 18.3. The van der Waals surface area contributed by atoms with Gasteiger partial charge in [0.05, 0.1) is 29.0 Å². The van der Waals surface area contributed by atoms with Crippen LogP contribution in [-0.4, -0.2) is 59.4 Å². The number of carbonyl (C=O) groups is 1. The van der Waals surface area contributed by atoms with Gasteiger partial charge >= 0.3 is 0 Å². The summed E-state index contributed by atoms with van der Waals surface area (Å²) >= 11 is 0. The number of rotatable bonds is 5. The number of hydrogen-bond donors (Lipinski definition) is 2. The monoisotopic (exact) mass is 446 g/mol. The smallest absolute Gasteiger partial charge is 0.262 e. The molecule has 0 aliphatic carbocycles. The molecular weight excluding hydrogens is 424 g/mol. The molecule has 168 valence electrons. The van der Waals surface area contributed by atoms with Gasteiger partial charge in [-0.1, -0.05) is 11.2 Å². The van der Waals surface area contributed by atoms with E-state index in [-0.39, 0.29) is 12.2 Å². The van der Waals surface area contributed by atoms with E-state index >= 15 is 0 Å². The van der Waals surface area contributed by atoms with E-state index in [2.05, 4.69) is 30.5 Å². The standard InChI is InChI=1S/C22H22N8O3/c1-13-10-23-21(25-14-11-24-30(3)12-14)27-19(13)16-6-4-5-15(26-16)17-9-18(33-28-17)22(32)7-8-29(2)20(22)31/h4-6,9-12,32H,7-8H2,1-3H3,(H,23,25,27). The third kappa shape index (κ3) is 3.72. The van der Waals surface area contributed by atoms with Crippen molar-refractivity contribution in [3.8, 4) is 22.8 Å². The fourth-order valence-electron chi connectivity index (χ4n) is 3.76. The van der Waals surface area contributed by atoms with Gasteiger partial charge in [0, 0.05) is 45.5 Å². The summed E-state index contributed by atoms with van der Waals surface area (Å²) in [5, 5.41) is 22.1. The molecule has 1 atom stereocenters. The van der Waals surface area contributed by atoms with Crippen LogP contribution in [0.25, 0.3) is 22.8 Å². The lowest BCUT2D eigenvalue weighted by Gasteiger charge is -2.16. The SMILES string of the molecule is Cc1cnc(Nc2cnn(C)c2)nc1-c1cccc(-c2cc(C3(O)CCN(C)C3=O)on2)n1. The summed E-state index contributed by atoms with van der Waals surface area (Å²) < 4.78 is 7.03. The zero-order chi connectivity index (χ0) is 23.2. The van der Waals surface area contributed by atoms with Gasteiger partial charge in [0.2, 0.25) is 11.5 Å². The Labute approximate surface area is 189 Å². The van der Waals surface area contributed by atoms with Crippen LogP contribution < -0.4 is 5.32 Å². The van der Waals surface area contributed by atoms with Crippen LogP contribution in [0.2, 0.25) is 0 Å². The van der Waals surface area contributed by atoms with Crippen molar-refractivity contribution >= 4 is 17.5 Å². The number of hydrogen-bond acceptors (Lipinski definition) is 9. The van der Waals surface area contributed by atoms with Gasteiger partial charge in [0.1, 0.15) is 5.69 Å². The van der Waals surface area contributed by atoms with Gasteiger partial charge in [-0.15, -0.1) is 0 Å². The minimum absolute atomic E-state index is 0.111. The van der Waals surface area contributed by atoms with Gasteiger partial charge < -0.3 is 19.8 Å². The third-order valence-electron chi connectivity index (χ3n) is 5.61. The van der Waals surface area contributed by atoms with Crippen LogP contribution in [-0.2, 0) is 17.4 Å². The average Bonchev–Trinajstić information content (AvgIpc) is 3.53. The maximum atomic E-state index is 12.4. The van der Waals surface area contributed by atoms with E-state index in [4.69, 9.17) is 4.52 Å². The summed E-state index contributed by atoms with van der Waals surface area (Å²) in [6.07, 6.45) is 5.48. The Morgan fingerprint density at radius 2 is 1.97 bits per heavy atom. The molecule has 4 aromatic rings. The van der Waals surface area contributed by atoms with Crippen LogP contribution in [0.3, 0.4) is 0 Å². The summed E-state index contributed by atoms with van der Waals surface area (Å²) in [6.45, 7) is 2.35. The highest BCUT2D eigenvalue weighted by molar-refractivity contribution is 5.87. The molecule has 1 saturated heterocycles. The van der Waals surface area contributed by atoms with Crippen LogP contribution in [0.4, 0.5) is 11.6 Å². The van der Waals surface area contributed by atoms with Crippen LogP contribution in [0, 0.1) is 6.92 Å². The molecule has 0 radical (unpaired) electrons. The summed E-state index contributed by atoms with van der Waals surface area (Å²) in [6, 6.07) is 7.02. The molecule has 1 amide bonds. The molecule has 0 bridgehead atoms. The van der Waals surface area contributed by atoms with Gasteiger partial charge in [0.25, 0.3) is 5.91 Å². The van der Waals surface area contributed by atoms with Crippen molar-refractivity contribution in [2.75, 3.05) is 18.9 Å². The minimum atomic E-state index is -1.70. The van der Waals surface area contributed by atoms with Gasteiger partial charge in [-0.05, 0) is 24.6 Å². The second-order valence-corrected chi connectivity index (χ2v) is 8.07. The van der Waals surface area contributed by atoms with Crippen molar-refractivity contribution in [2.24, 2.45) is 7.05 Å².